The van der Waals surface area contributed by atoms with Gasteiger partial charge in [0.1, 0.15) is 24.1 Å². The molecule has 2 aliphatic rings. The predicted octanol–water partition coefficient (Wildman–Crippen LogP) is 2.25. The number of fused-ring (bicyclic) bond motifs is 2. The molecule has 4 rings (SSSR count). The molecule has 7 nitrogen and oxygen atoms in total. The minimum Gasteiger partial charge on any atom is -0.494 e. The van der Waals surface area contributed by atoms with E-state index in [9.17, 15) is 14.4 Å². The maximum atomic E-state index is 12.6. The Hall–Kier alpha value is -3.35. The average molecular weight is 408 g/mol. The van der Waals surface area contributed by atoms with Crippen molar-refractivity contribution >= 4 is 17.7 Å². The number of benzene rings is 2. The minimum absolute atomic E-state index is 0.110. The van der Waals surface area contributed by atoms with Crippen molar-refractivity contribution in [2.75, 3.05) is 13.2 Å². The molecule has 7 heteroatoms. The van der Waals surface area contributed by atoms with Crippen LogP contribution in [0.2, 0.25) is 0 Å². The number of imide groups is 1. The molecule has 0 spiro atoms. The molecule has 1 N–H and O–H groups in total. The van der Waals surface area contributed by atoms with Crippen molar-refractivity contribution in [3.05, 3.63) is 58.7 Å². The molecule has 0 fully saturated rings. The van der Waals surface area contributed by atoms with Gasteiger partial charge in [-0.05, 0) is 37.6 Å². The summed E-state index contributed by atoms with van der Waals surface area (Å²) in [5.74, 6) is 0.283. The molecule has 2 heterocycles. The first kappa shape index (κ1) is 19.9. The molecule has 2 aliphatic heterocycles. The van der Waals surface area contributed by atoms with Crippen LogP contribution in [0.15, 0.2) is 36.4 Å². The number of ether oxygens (including phenoxy) is 2. The van der Waals surface area contributed by atoms with Crippen molar-refractivity contribution in [2.45, 2.75) is 39.3 Å². The molecule has 156 valence electrons. The van der Waals surface area contributed by atoms with E-state index in [2.05, 4.69) is 5.32 Å². The van der Waals surface area contributed by atoms with E-state index >= 15 is 0 Å². The third-order valence-electron chi connectivity index (χ3n) is 5.29. The predicted molar refractivity (Wildman–Crippen MR) is 109 cm³/mol. The van der Waals surface area contributed by atoms with E-state index in [-0.39, 0.29) is 31.5 Å². The lowest BCUT2D eigenvalue weighted by Gasteiger charge is -2.26. The smallest absolute Gasteiger partial charge is 0.261 e. The molecule has 0 saturated carbocycles. The lowest BCUT2D eigenvalue weighted by atomic mass is 9.98. The Morgan fingerprint density at radius 2 is 2.03 bits per heavy atom. The van der Waals surface area contributed by atoms with Gasteiger partial charge in [0, 0.05) is 29.7 Å². The van der Waals surface area contributed by atoms with Crippen LogP contribution in [0.3, 0.4) is 0 Å². The highest BCUT2D eigenvalue weighted by Gasteiger charge is 2.32. The van der Waals surface area contributed by atoms with Gasteiger partial charge in [-0.2, -0.15) is 0 Å². The van der Waals surface area contributed by atoms with Crippen molar-refractivity contribution in [1.29, 1.82) is 0 Å². The molecule has 30 heavy (non-hydrogen) atoms. The molecule has 0 unspecified atom stereocenters. The van der Waals surface area contributed by atoms with Crippen LogP contribution in [-0.4, -0.2) is 41.9 Å². The number of nitrogens with zero attached hydrogens (tertiary/aromatic N) is 1. The first-order valence-electron chi connectivity index (χ1n) is 10.1. The highest BCUT2D eigenvalue weighted by molar-refractivity contribution is 6.11. The first-order chi connectivity index (χ1) is 14.5. The lowest BCUT2D eigenvalue weighted by molar-refractivity contribution is -0.133. The molecule has 3 amide bonds. The first-order valence-corrected chi connectivity index (χ1v) is 10.1. The van der Waals surface area contributed by atoms with Gasteiger partial charge in [0.15, 0.2) is 0 Å². The van der Waals surface area contributed by atoms with Gasteiger partial charge >= 0.3 is 0 Å². The zero-order valence-corrected chi connectivity index (χ0v) is 17.1. The Kier molecular flexibility index (Phi) is 5.44. The number of carbonyl (C=O) groups excluding carboxylic acids is 3. The number of rotatable bonds is 6. The molecular formula is C23H24N2O5. The Morgan fingerprint density at radius 3 is 2.83 bits per heavy atom. The normalized spacial score (nSPS) is 17.3. The van der Waals surface area contributed by atoms with Crippen molar-refractivity contribution in [3.8, 4) is 11.5 Å². The fourth-order valence-corrected chi connectivity index (χ4v) is 3.86. The molecule has 2 aromatic rings. The van der Waals surface area contributed by atoms with Gasteiger partial charge in [-0.1, -0.05) is 18.2 Å². The number of amides is 3. The summed E-state index contributed by atoms with van der Waals surface area (Å²) < 4.78 is 11.5. The zero-order chi connectivity index (χ0) is 21.3. The third kappa shape index (κ3) is 3.87. The van der Waals surface area contributed by atoms with Gasteiger partial charge < -0.3 is 14.8 Å². The minimum atomic E-state index is -0.438. The van der Waals surface area contributed by atoms with Crippen LogP contribution in [0.1, 0.15) is 40.9 Å². The van der Waals surface area contributed by atoms with Crippen LogP contribution < -0.4 is 14.8 Å². The molecule has 0 bridgehead atoms. The Labute approximate surface area is 175 Å². The van der Waals surface area contributed by atoms with E-state index < -0.39 is 11.8 Å². The van der Waals surface area contributed by atoms with Crippen molar-refractivity contribution in [2.24, 2.45) is 0 Å². The summed E-state index contributed by atoms with van der Waals surface area (Å²) in [7, 11) is 0. The highest BCUT2D eigenvalue weighted by atomic mass is 16.5. The second-order valence-electron chi connectivity index (χ2n) is 7.53. The molecule has 0 radical (unpaired) electrons. The molecular weight excluding hydrogens is 384 g/mol. The molecule has 0 aromatic heterocycles. The quantitative estimate of drug-likeness (QED) is 0.741. The van der Waals surface area contributed by atoms with Crippen molar-refractivity contribution in [3.63, 3.8) is 0 Å². The van der Waals surface area contributed by atoms with Gasteiger partial charge in [0.25, 0.3) is 5.91 Å². The van der Waals surface area contributed by atoms with Crippen LogP contribution in [-0.2, 0) is 29.0 Å². The Balaban J connectivity index is 1.44. The maximum absolute atomic E-state index is 12.6. The van der Waals surface area contributed by atoms with Crippen LogP contribution in [0.25, 0.3) is 0 Å². The number of carbonyl (C=O) groups is 3. The summed E-state index contributed by atoms with van der Waals surface area (Å²) in [6, 6.07) is 10.8. The largest absolute Gasteiger partial charge is 0.494 e. The van der Waals surface area contributed by atoms with Crippen LogP contribution >= 0.6 is 0 Å². The molecule has 1 atom stereocenters. The number of hydrogen-bond donors (Lipinski definition) is 1. The second kappa shape index (κ2) is 8.18. The molecule has 0 aliphatic carbocycles. The van der Waals surface area contributed by atoms with E-state index in [1.165, 1.54) is 0 Å². The topological polar surface area (TPSA) is 84.9 Å². The maximum Gasteiger partial charge on any atom is 0.261 e. The van der Waals surface area contributed by atoms with E-state index in [0.717, 1.165) is 28.2 Å². The van der Waals surface area contributed by atoms with Crippen molar-refractivity contribution in [1.82, 2.24) is 10.2 Å². The van der Waals surface area contributed by atoms with Crippen LogP contribution in [0.4, 0.5) is 0 Å². The fraction of sp³-hybridized carbons (Fsp3) is 0.348. The van der Waals surface area contributed by atoms with E-state index in [1.54, 1.807) is 24.3 Å². The van der Waals surface area contributed by atoms with E-state index in [0.29, 0.717) is 23.5 Å². The fourth-order valence-electron chi connectivity index (χ4n) is 3.86. The summed E-state index contributed by atoms with van der Waals surface area (Å²) in [4.78, 5) is 38.5. The monoisotopic (exact) mass is 408 g/mol. The van der Waals surface area contributed by atoms with E-state index in [1.807, 2.05) is 26.0 Å². The van der Waals surface area contributed by atoms with Gasteiger partial charge in [0.2, 0.25) is 11.8 Å². The molecule has 0 saturated heterocycles. The summed E-state index contributed by atoms with van der Waals surface area (Å²) in [5, 5.41) is 2.79. The summed E-state index contributed by atoms with van der Waals surface area (Å²) >= 11 is 0. The molecule has 2 aromatic carbocycles. The van der Waals surface area contributed by atoms with Crippen LogP contribution in [0.5, 0.6) is 11.5 Å². The van der Waals surface area contributed by atoms with Crippen LogP contribution in [0, 0.1) is 0 Å². The Bertz CT molecular complexity index is 1020. The lowest BCUT2D eigenvalue weighted by Crippen LogP contribution is -2.47. The average Bonchev–Trinajstić information content (AvgIpc) is 3.08. The zero-order valence-electron chi connectivity index (χ0n) is 17.1. The van der Waals surface area contributed by atoms with Gasteiger partial charge in [0.05, 0.1) is 13.0 Å². The third-order valence-corrected chi connectivity index (χ3v) is 5.29. The number of hydrogen-bond acceptors (Lipinski definition) is 5. The van der Waals surface area contributed by atoms with Gasteiger partial charge in [-0.3, -0.25) is 19.3 Å². The SMILES string of the molecule is CCOc1cc2c(cc1CNC(=O)CN1C(=O)Cc3ccccc3C1=O)O[C@H](C)C2. The standard InChI is InChI=1S/C23H24N2O5/c1-3-29-19-9-16-8-14(2)30-20(16)10-17(19)12-24-21(26)13-25-22(27)11-15-6-4-5-7-18(15)23(25)28/h4-7,9-10,14H,3,8,11-13H2,1-2H3,(H,24,26)/t14-/m1/s1. The number of nitrogens with one attached hydrogen (secondary N) is 1. The van der Waals surface area contributed by atoms with Gasteiger partial charge in [-0.25, -0.2) is 0 Å². The summed E-state index contributed by atoms with van der Waals surface area (Å²) in [6.07, 6.45) is 1.05. The summed E-state index contributed by atoms with van der Waals surface area (Å²) in [6.45, 7) is 4.32. The second-order valence-corrected chi connectivity index (χ2v) is 7.53. The highest BCUT2D eigenvalue weighted by Crippen LogP contribution is 2.35. The van der Waals surface area contributed by atoms with Crippen molar-refractivity contribution < 1.29 is 23.9 Å². The Morgan fingerprint density at radius 1 is 1.23 bits per heavy atom. The van der Waals surface area contributed by atoms with E-state index in [4.69, 9.17) is 9.47 Å². The van der Waals surface area contributed by atoms with Gasteiger partial charge in [-0.15, -0.1) is 0 Å². The summed E-state index contributed by atoms with van der Waals surface area (Å²) in [5.41, 5.74) is 3.04.